The number of benzene rings is 2. The summed E-state index contributed by atoms with van der Waals surface area (Å²) in [5.74, 6) is 1.23. The molecule has 0 aliphatic heterocycles. The number of hydrogen-bond donors (Lipinski definition) is 1. The zero-order valence-corrected chi connectivity index (χ0v) is 17.8. The van der Waals surface area contributed by atoms with E-state index in [0.717, 1.165) is 0 Å². The smallest absolute Gasteiger partial charge is 0.310 e. The van der Waals surface area contributed by atoms with Crippen molar-refractivity contribution in [2.24, 2.45) is 0 Å². The second-order valence-corrected chi connectivity index (χ2v) is 6.93. The zero-order valence-electron chi connectivity index (χ0n) is 16.9. The van der Waals surface area contributed by atoms with Gasteiger partial charge in [0.05, 0.1) is 25.1 Å². The predicted molar refractivity (Wildman–Crippen MR) is 113 cm³/mol. The van der Waals surface area contributed by atoms with Crippen LogP contribution in [0.5, 0.6) is 17.2 Å². The lowest BCUT2D eigenvalue weighted by molar-refractivity contribution is -0.385. The molecule has 0 bridgehead atoms. The molecule has 8 heteroatoms. The Labute approximate surface area is 175 Å². The van der Waals surface area contributed by atoms with Gasteiger partial charge in [0.2, 0.25) is 0 Å². The first-order valence-electron chi connectivity index (χ1n) is 9.23. The third-order valence-electron chi connectivity index (χ3n) is 4.33. The molecule has 0 aromatic heterocycles. The van der Waals surface area contributed by atoms with E-state index in [1.165, 1.54) is 13.2 Å². The molecule has 0 saturated carbocycles. The maximum Gasteiger partial charge on any atom is 0.310 e. The lowest BCUT2D eigenvalue weighted by Crippen LogP contribution is -2.08. The molecule has 0 saturated heterocycles. The summed E-state index contributed by atoms with van der Waals surface area (Å²) in [5.41, 5.74) is 1.96. The number of nitro groups is 1. The first kappa shape index (κ1) is 22.5. The molecule has 7 nitrogen and oxygen atoms in total. The van der Waals surface area contributed by atoms with Crippen molar-refractivity contribution in [1.82, 2.24) is 0 Å². The summed E-state index contributed by atoms with van der Waals surface area (Å²) in [5, 5.41) is 11.4. The Morgan fingerprint density at radius 1 is 1.17 bits per heavy atom. The van der Waals surface area contributed by atoms with Crippen LogP contribution in [0.2, 0.25) is 0 Å². The average molecular weight is 419 g/mol. The molecule has 0 amide bonds. The summed E-state index contributed by atoms with van der Waals surface area (Å²) in [6.45, 7) is 5.94. The number of nitro benzene ring substituents is 1. The minimum Gasteiger partial charge on any atom is -0.493 e. The molecule has 2 aromatic rings. The van der Waals surface area contributed by atoms with Crippen LogP contribution in [0, 0.1) is 10.1 Å². The summed E-state index contributed by atoms with van der Waals surface area (Å²) in [4.78, 5) is 22.8. The van der Waals surface area contributed by atoms with E-state index in [1.807, 2.05) is 13.8 Å². The van der Waals surface area contributed by atoms with E-state index in [1.54, 1.807) is 31.2 Å². The molecule has 0 spiro atoms. The van der Waals surface area contributed by atoms with Gasteiger partial charge in [-0.05, 0) is 36.6 Å². The first-order chi connectivity index (χ1) is 13.8. The highest BCUT2D eigenvalue weighted by molar-refractivity contribution is 7.79. The molecule has 0 atom stereocenters. The van der Waals surface area contributed by atoms with Crippen molar-refractivity contribution in [2.75, 3.05) is 13.7 Å². The Hall–Kier alpha value is -2.74. The molecule has 0 unspecified atom stereocenters. The van der Waals surface area contributed by atoms with Crippen LogP contribution in [-0.4, -0.2) is 24.6 Å². The highest BCUT2D eigenvalue weighted by Crippen LogP contribution is 2.41. The second kappa shape index (κ2) is 10.2. The summed E-state index contributed by atoms with van der Waals surface area (Å²) in [6, 6.07) is 8.19. The van der Waals surface area contributed by atoms with Gasteiger partial charge in [-0.15, -0.1) is 0 Å². The van der Waals surface area contributed by atoms with Crippen molar-refractivity contribution < 1.29 is 23.9 Å². The van der Waals surface area contributed by atoms with Crippen molar-refractivity contribution in [3.63, 3.8) is 0 Å². The maximum absolute atomic E-state index is 11.8. The van der Waals surface area contributed by atoms with Crippen LogP contribution in [0.4, 0.5) is 5.69 Å². The second-order valence-electron chi connectivity index (χ2n) is 6.61. The fourth-order valence-corrected chi connectivity index (χ4v) is 3.43. The van der Waals surface area contributed by atoms with Crippen molar-refractivity contribution in [3.8, 4) is 17.2 Å². The van der Waals surface area contributed by atoms with Crippen LogP contribution in [0.25, 0.3) is 0 Å². The average Bonchev–Trinajstić information content (AvgIpc) is 2.67. The van der Waals surface area contributed by atoms with Gasteiger partial charge in [0.1, 0.15) is 5.75 Å². The number of hydrogen-bond acceptors (Lipinski definition) is 7. The largest absolute Gasteiger partial charge is 0.493 e. The minimum atomic E-state index is -0.415. The van der Waals surface area contributed by atoms with Crippen LogP contribution >= 0.6 is 12.6 Å². The van der Waals surface area contributed by atoms with Crippen LogP contribution in [0.1, 0.15) is 43.4 Å². The van der Waals surface area contributed by atoms with Gasteiger partial charge in [0, 0.05) is 22.9 Å². The fourth-order valence-electron chi connectivity index (χ4n) is 3.10. The van der Waals surface area contributed by atoms with Gasteiger partial charge in [-0.2, -0.15) is 12.6 Å². The molecule has 0 aliphatic carbocycles. The molecule has 156 valence electrons. The Balaban J connectivity index is 2.49. The van der Waals surface area contributed by atoms with Gasteiger partial charge < -0.3 is 14.2 Å². The topological polar surface area (TPSA) is 87.9 Å². The Morgan fingerprint density at radius 2 is 1.86 bits per heavy atom. The Bertz CT molecular complexity index is 897. The van der Waals surface area contributed by atoms with Crippen molar-refractivity contribution >= 4 is 24.3 Å². The van der Waals surface area contributed by atoms with Crippen LogP contribution < -0.4 is 9.47 Å². The summed E-state index contributed by atoms with van der Waals surface area (Å²) in [6.07, 6.45) is 0.105. The van der Waals surface area contributed by atoms with E-state index in [2.05, 4.69) is 12.6 Å². The molecule has 0 aliphatic rings. The van der Waals surface area contributed by atoms with Crippen LogP contribution in [-0.2, 0) is 21.7 Å². The van der Waals surface area contributed by atoms with E-state index >= 15 is 0 Å². The normalized spacial score (nSPS) is 10.7. The molecule has 0 N–H and O–H groups in total. The molecular weight excluding hydrogens is 394 g/mol. The third-order valence-corrected chi connectivity index (χ3v) is 4.64. The van der Waals surface area contributed by atoms with Gasteiger partial charge in [-0.1, -0.05) is 19.9 Å². The van der Waals surface area contributed by atoms with Gasteiger partial charge in [0.25, 0.3) is 5.69 Å². The fraction of sp³-hybridized carbons (Fsp3) is 0.381. The predicted octanol–water partition coefficient (Wildman–Crippen LogP) is 5.05. The summed E-state index contributed by atoms with van der Waals surface area (Å²) < 4.78 is 16.5. The minimum absolute atomic E-state index is 0.0130. The van der Waals surface area contributed by atoms with Gasteiger partial charge >= 0.3 is 5.97 Å². The first-order valence-corrected chi connectivity index (χ1v) is 9.86. The number of ether oxygens (including phenoxy) is 3. The summed E-state index contributed by atoms with van der Waals surface area (Å²) in [7, 11) is 1.52. The molecule has 0 radical (unpaired) electrons. The number of thiol groups is 1. The van der Waals surface area contributed by atoms with Crippen molar-refractivity contribution in [3.05, 3.63) is 57.1 Å². The number of nitrogens with zero attached hydrogens (tertiary/aromatic N) is 1. The van der Waals surface area contributed by atoms with E-state index in [4.69, 9.17) is 14.2 Å². The highest BCUT2D eigenvalue weighted by Gasteiger charge is 2.23. The Kier molecular flexibility index (Phi) is 7.90. The van der Waals surface area contributed by atoms with Crippen LogP contribution in [0.15, 0.2) is 30.3 Å². The molecule has 2 aromatic carbocycles. The number of esters is 1. The number of methoxy groups -OCH3 is 1. The van der Waals surface area contributed by atoms with E-state index in [-0.39, 0.29) is 29.7 Å². The molecule has 29 heavy (non-hydrogen) atoms. The highest BCUT2D eigenvalue weighted by atomic mass is 32.1. The number of carbonyl (C=O) groups excluding carboxylic acids is 1. The molecular formula is C21H25NO6S. The number of rotatable bonds is 9. The zero-order chi connectivity index (χ0) is 21.6. The summed E-state index contributed by atoms with van der Waals surface area (Å²) >= 11 is 4.29. The molecule has 0 fully saturated rings. The number of carbonyl (C=O) groups is 1. The lowest BCUT2D eigenvalue weighted by atomic mass is 9.95. The molecule has 2 rings (SSSR count). The van der Waals surface area contributed by atoms with Gasteiger partial charge in [-0.25, -0.2) is 0 Å². The van der Waals surface area contributed by atoms with E-state index in [9.17, 15) is 14.9 Å². The Morgan fingerprint density at radius 3 is 2.41 bits per heavy atom. The third kappa shape index (κ3) is 5.41. The maximum atomic E-state index is 11.8. The van der Waals surface area contributed by atoms with Gasteiger partial charge in [0.15, 0.2) is 11.5 Å². The molecule has 0 heterocycles. The van der Waals surface area contributed by atoms with Crippen molar-refractivity contribution in [1.29, 1.82) is 0 Å². The van der Waals surface area contributed by atoms with Gasteiger partial charge in [-0.3, -0.25) is 14.9 Å². The van der Waals surface area contributed by atoms with E-state index < -0.39 is 4.92 Å². The van der Waals surface area contributed by atoms with Crippen molar-refractivity contribution in [2.45, 2.75) is 38.9 Å². The quantitative estimate of drug-likeness (QED) is 0.265. The SMILES string of the molecule is CCOC(=O)Cc1ccc(OC)c(Oc2ccc([N+](=O)[O-])c(CS)c2C(C)C)c1. The standard InChI is InChI=1S/C21H25NO6S/c1-5-27-20(23)11-14-6-8-17(26-4)19(10-14)28-18-9-7-16(22(24)25)15(12-29)21(18)13(2)3/h6-10,13,29H,5,11-12H2,1-4H3. The van der Waals surface area contributed by atoms with E-state index in [0.29, 0.717) is 40.5 Å². The lowest BCUT2D eigenvalue weighted by Gasteiger charge is -2.19. The monoisotopic (exact) mass is 419 g/mol. The van der Waals surface area contributed by atoms with Crippen LogP contribution in [0.3, 0.4) is 0 Å².